The first kappa shape index (κ1) is 13.4. The van der Waals surface area contributed by atoms with Crippen LogP contribution in [0.4, 0.5) is 10.7 Å². The number of nitrogens with one attached hydrogen (secondary N) is 1. The molecule has 90 valence electrons. The molecule has 0 unspecified atom stereocenters. The Morgan fingerprint density at radius 2 is 2.19 bits per heavy atom. The van der Waals surface area contributed by atoms with Gasteiger partial charge in [-0.2, -0.15) is 0 Å². The van der Waals surface area contributed by atoms with Gasteiger partial charge in [-0.1, -0.05) is 13.8 Å². The second-order valence-corrected chi connectivity index (χ2v) is 5.59. The molecule has 0 aromatic carbocycles. The fourth-order valence-electron chi connectivity index (χ4n) is 1.35. The van der Waals surface area contributed by atoms with E-state index in [1.54, 1.807) is 11.8 Å². The standard InChI is InChI=1S/C11H18N2OS2/c1-5-13-11-10(15-4)7(12)9(16-11)8(14)6(2)3/h6,13H,5,12H2,1-4H3. The maximum atomic E-state index is 11.9. The molecule has 0 spiro atoms. The van der Waals surface area contributed by atoms with E-state index >= 15 is 0 Å². The van der Waals surface area contributed by atoms with Crippen LogP contribution in [0, 0.1) is 5.92 Å². The minimum absolute atomic E-state index is 0.00914. The quantitative estimate of drug-likeness (QED) is 0.628. The smallest absolute Gasteiger partial charge is 0.177 e. The molecule has 1 heterocycles. The molecule has 1 rings (SSSR count). The van der Waals surface area contributed by atoms with Gasteiger partial charge in [0.2, 0.25) is 0 Å². The summed E-state index contributed by atoms with van der Waals surface area (Å²) in [7, 11) is 0. The normalized spacial score (nSPS) is 10.8. The summed E-state index contributed by atoms with van der Waals surface area (Å²) in [6.45, 7) is 6.66. The third kappa shape index (κ3) is 2.52. The molecule has 3 nitrogen and oxygen atoms in total. The highest BCUT2D eigenvalue weighted by Crippen LogP contribution is 2.42. The lowest BCUT2D eigenvalue weighted by atomic mass is 10.1. The predicted octanol–water partition coefficient (Wildman–Crippen LogP) is 3.32. The van der Waals surface area contributed by atoms with E-state index in [0.717, 1.165) is 16.4 Å². The lowest BCUT2D eigenvalue weighted by molar-refractivity contribution is 0.0944. The van der Waals surface area contributed by atoms with Crippen LogP contribution in [-0.4, -0.2) is 18.6 Å². The van der Waals surface area contributed by atoms with E-state index in [2.05, 4.69) is 5.32 Å². The van der Waals surface area contributed by atoms with E-state index in [4.69, 9.17) is 5.73 Å². The van der Waals surface area contributed by atoms with Crippen molar-refractivity contribution < 1.29 is 4.79 Å². The van der Waals surface area contributed by atoms with Crippen molar-refractivity contribution in [2.24, 2.45) is 5.92 Å². The molecule has 0 bridgehead atoms. The average molecular weight is 258 g/mol. The molecule has 16 heavy (non-hydrogen) atoms. The summed E-state index contributed by atoms with van der Waals surface area (Å²) in [5, 5.41) is 4.26. The van der Waals surface area contributed by atoms with E-state index in [-0.39, 0.29) is 11.7 Å². The fraction of sp³-hybridized carbons (Fsp3) is 0.545. The summed E-state index contributed by atoms with van der Waals surface area (Å²) in [5.74, 6) is 0.118. The van der Waals surface area contributed by atoms with Gasteiger partial charge in [-0.05, 0) is 13.2 Å². The summed E-state index contributed by atoms with van der Waals surface area (Å²) < 4.78 is 0. The Hall–Kier alpha value is -0.680. The largest absolute Gasteiger partial charge is 0.396 e. The lowest BCUT2D eigenvalue weighted by Crippen LogP contribution is -2.07. The van der Waals surface area contributed by atoms with Gasteiger partial charge in [0.15, 0.2) is 5.78 Å². The van der Waals surface area contributed by atoms with Crippen molar-refractivity contribution in [3.63, 3.8) is 0 Å². The molecule has 0 saturated carbocycles. The number of hydrogen-bond donors (Lipinski definition) is 2. The molecular formula is C11H18N2OS2. The third-order valence-electron chi connectivity index (χ3n) is 2.19. The Morgan fingerprint density at radius 3 is 2.62 bits per heavy atom. The molecule has 0 fully saturated rings. The zero-order valence-corrected chi connectivity index (χ0v) is 11.7. The minimum Gasteiger partial charge on any atom is -0.396 e. The summed E-state index contributed by atoms with van der Waals surface area (Å²) >= 11 is 3.05. The maximum Gasteiger partial charge on any atom is 0.177 e. The third-order valence-corrected chi connectivity index (χ3v) is 4.33. The molecule has 0 aliphatic heterocycles. The monoisotopic (exact) mass is 258 g/mol. The Morgan fingerprint density at radius 1 is 1.56 bits per heavy atom. The Bertz CT molecular complexity index is 386. The SMILES string of the molecule is CCNc1sc(C(=O)C(C)C)c(N)c1SC. The van der Waals surface area contributed by atoms with Crippen molar-refractivity contribution in [2.75, 3.05) is 23.9 Å². The Kier molecular flexibility index (Phi) is 4.68. The number of nitrogen functional groups attached to an aromatic ring is 1. The highest BCUT2D eigenvalue weighted by Gasteiger charge is 2.21. The zero-order chi connectivity index (χ0) is 12.3. The number of rotatable bonds is 5. The van der Waals surface area contributed by atoms with Crippen molar-refractivity contribution in [3.8, 4) is 0 Å². The Labute approximate surface area is 105 Å². The molecule has 0 saturated heterocycles. The summed E-state index contributed by atoms with van der Waals surface area (Å²) in [6, 6.07) is 0. The number of hydrogen-bond acceptors (Lipinski definition) is 5. The van der Waals surface area contributed by atoms with Gasteiger partial charge in [0, 0.05) is 12.5 Å². The number of ketones is 1. The number of thiophene rings is 1. The molecule has 0 radical (unpaired) electrons. The van der Waals surface area contributed by atoms with Crippen LogP contribution in [0.2, 0.25) is 0 Å². The minimum atomic E-state index is -0.00914. The fourth-order valence-corrected chi connectivity index (χ4v) is 3.54. The molecule has 0 atom stereocenters. The number of carbonyl (C=O) groups is 1. The van der Waals surface area contributed by atoms with Crippen LogP contribution < -0.4 is 11.1 Å². The lowest BCUT2D eigenvalue weighted by Gasteiger charge is -2.02. The van der Waals surface area contributed by atoms with Gasteiger partial charge in [0.05, 0.1) is 15.5 Å². The van der Waals surface area contributed by atoms with E-state index in [1.165, 1.54) is 11.3 Å². The molecule has 0 amide bonds. The summed E-state index contributed by atoms with van der Waals surface area (Å²) in [5.41, 5.74) is 6.64. The van der Waals surface area contributed by atoms with E-state index in [1.807, 2.05) is 27.0 Å². The molecular weight excluding hydrogens is 240 g/mol. The average Bonchev–Trinajstić information content (AvgIpc) is 2.54. The van der Waals surface area contributed by atoms with E-state index < -0.39 is 0 Å². The van der Waals surface area contributed by atoms with Crippen LogP contribution in [0.15, 0.2) is 4.90 Å². The molecule has 0 aliphatic rings. The zero-order valence-electron chi connectivity index (χ0n) is 10.1. The maximum absolute atomic E-state index is 11.9. The van der Waals surface area contributed by atoms with Crippen molar-refractivity contribution in [3.05, 3.63) is 4.88 Å². The highest BCUT2D eigenvalue weighted by molar-refractivity contribution is 7.99. The second-order valence-electron chi connectivity index (χ2n) is 3.76. The second kappa shape index (κ2) is 5.59. The van der Waals surface area contributed by atoms with Crippen molar-refractivity contribution >= 4 is 39.6 Å². The van der Waals surface area contributed by atoms with Gasteiger partial charge in [-0.3, -0.25) is 4.79 Å². The van der Waals surface area contributed by atoms with Gasteiger partial charge in [0.1, 0.15) is 5.00 Å². The van der Waals surface area contributed by atoms with Gasteiger partial charge in [-0.25, -0.2) is 0 Å². The van der Waals surface area contributed by atoms with Crippen molar-refractivity contribution in [1.82, 2.24) is 0 Å². The van der Waals surface area contributed by atoms with Gasteiger partial charge < -0.3 is 11.1 Å². The summed E-state index contributed by atoms with van der Waals surface area (Å²) in [6.07, 6.45) is 1.98. The molecule has 1 aromatic rings. The van der Waals surface area contributed by atoms with Crippen LogP contribution in [0.25, 0.3) is 0 Å². The summed E-state index contributed by atoms with van der Waals surface area (Å²) in [4.78, 5) is 13.6. The number of nitrogens with two attached hydrogens (primary N) is 1. The number of carbonyl (C=O) groups excluding carboxylic acids is 1. The highest BCUT2D eigenvalue weighted by atomic mass is 32.2. The van der Waals surface area contributed by atoms with Gasteiger partial charge >= 0.3 is 0 Å². The van der Waals surface area contributed by atoms with Crippen LogP contribution in [0.1, 0.15) is 30.4 Å². The molecule has 0 aliphatic carbocycles. The van der Waals surface area contributed by atoms with Crippen molar-refractivity contribution in [2.45, 2.75) is 25.7 Å². The van der Waals surface area contributed by atoms with Crippen LogP contribution in [-0.2, 0) is 0 Å². The number of anilines is 2. The van der Waals surface area contributed by atoms with Gasteiger partial charge in [0.25, 0.3) is 0 Å². The molecule has 3 N–H and O–H groups in total. The number of thioether (sulfide) groups is 1. The van der Waals surface area contributed by atoms with Crippen LogP contribution in [0.3, 0.4) is 0 Å². The van der Waals surface area contributed by atoms with Crippen LogP contribution in [0.5, 0.6) is 0 Å². The first-order valence-corrected chi connectivity index (χ1v) is 7.31. The van der Waals surface area contributed by atoms with Crippen LogP contribution >= 0.6 is 23.1 Å². The van der Waals surface area contributed by atoms with Crippen molar-refractivity contribution in [1.29, 1.82) is 0 Å². The predicted molar refractivity (Wildman–Crippen MR) is 73.8 cm³/mol. The van der Waals surface area contributed by atoms with Gasteiger partial charge in [-0.15, -0.1) is 23.1 Å². The first-order valence-electron chi connectivity index (χ1n) is 5.27. The first-order chi connectivity index (χ1) is 7.52. The number of Topliss-reactive ketones (excluding diaryl/α,β-unsaturated/α-hetero) is 1. The van der Waals surface area contributed by atoms with E-state index in [0.29, 0.717) is 10.6 Å². The van der Waals surface area contributed by atoms with E-state index in [9.17, 15) is 4.79 Å². The molecule has 5 heteroatoms. The molecule has 1 aromatic heterocycles. The topological polar surface area (TPSA) is 55.1 Å². The Balaban J connectivity index is 3.16.